The lowest BCUT2D eigenvalue weighted by Crippen LogP contribution is -2.19. The van der Waals surface area contributed by atoms with Gasteiger partial charge in [-0.15, -0.1) is 0 Å². The van der Waals surface area contributed by atoms with E-state index in [9.17, 15) is 5.11 Å². The Morgan fingerprint density at radius 2 is 2.14 bits per heavy atom. The van der Waals surface area contributed by atoms with Crippen molar-refractivity contribution in [1.82, 2.24) is 0 Å². The largest absolute Gasteiger partial charge is 0.454 e. The minimum Gasteiger partial charge on any atom is -0.454 e. The van der Waals surface area contributed by atoms with E-state index in [0.717, 1.165) is 0 Å². The standard InChI is InChI=1S/C9H10N2O3/c10-9(11)8(12)5-1-2-6-7(3-5)14-4-13-6/h1-3,8,12H,4H2,(H3,10,11)/t8-/m1/s1. The fraction of sp³-hybridized carbons (Fsp3) is 0.222. The van der Waals surface area contributed by atoms with Crippen LogP contribution in [0.4, 0.5) is 0 Å². The summed E-state index contributed by atoms with van der Waals surface area (Å²) >= 11 is 0. The number of hydrogen-bond acceptors (Lipinski definition) is 4. The van der Waals surface area contributed by atoms with Crippen LogP contribution in [0.1, 0.15) is 11.7 Å². The lowest BCUT2D eigenvalue weighted by Gasteiger charge is -2.08. The molecule has 1 aliphatic rings. The Balaban J connectivity index is 2.33. The molecule has 1 aromatic carbocycles. The van der Waals surface area contributed by atoms with Crippen LogP contribution in [0, 0.1) is 5.41 Å². The zero-order valence-corrected chi connectivity index (χ0v) is 7.36. The molecule has 0 saturated heterocycles. The summed E-state index contributed by atoms with van der Waals surface area (Å²) in [6, 6.07) is 4.96. The molecule has 0 fully saturated rings. The molecule has 0 aliphatic carbocycles. The van der Waals surface area contributed by atoms with Crippen LogP contribution >= 0.6 is 0 Å². The quantitative estimate of drug-likeness (QED) is 0.469. The van der Waals surface area contributed by atoms with Crippen LogP contribution in [-0.4, -0.2) is 17.7 Å². The van der Waals surface area contributed by atoms with Crippen molar-refractivity contribution >= 4 is 5.84 Å². The minimum atomic E-state index is -1.08. The van der Waals surface area contributed by atoms with Crippen molar-refractivity contribution in [3.8, 4) is 11.5 Å². The van der Waals surface area contributed by atoms with E-state index in [1.807, 2.05) is 0 Å². The average molecular weight is 194 g/mol. The molecule has 0 bridgehead atoms. The smallest absolute Gasteiger partial charge is 0.231 e. The Bertz CT molecular complexity index is 378. The summed E-state index contributed by atoms with van der Waals surface area (Å²) in [5.74, 6) is 0.927. The molecule has 74 valence electrons. The topological polar surface area (TPSA) is 88.6 Å². The van der Waals surface area contributed by atoms with Gasteiger partial charge < -0.3 is 20.3 Å². The lowest BCUT2D eigenvalue weighted by molar-refractivity contribution is 0.173. The second-order valence-corrected chi connectivity index (χ2v) is 2.97. The third-order valence-corrected chi connectivity index (χ3v) is 2.01. The molecule has 14 heavy (non-hydrogen) atoms. The van der Waals surface area contributed by atoms with E-state index in [1.54, 1.807) is 18.2 Å². The Morgan fingerprint density at radius 1 is 1.43 bits per heavy atom. The number of fused-ring (bicyclic) bond motifs is 1. The summed E-state index contributed by atoms with van der Waals surface area (Å²) in [5, 5.41) is 16.6. The number of rotatable bonds is 2. The molecule has 4 N–H and O–H groups in total. The maximum Gasteiger partial charge on any atom is 0.231 e. The Hall–Kier alpha value is -1.75. The van der Waals surface area contributed by atoms with Crippen molar-refractivity contribution in [2.24, 2.45) is 5.73 Å². The maximum absolute atomic E-state index is 9.48. The van der Waals surface area contributed by atoms with E-state index in [-0.39, 0.29) is 12.6 Å². The van der Waals surface area contributed by atoms with Crippen LogP contribution in [-0.2, 0) is 0 Å². The second kappa shape index (κ2) is 3.19. The number of aliphatic hydroxyl groups excluding tert-OH is 1. The average Bonchev–Trinajstić information content (AvgIpc) is 2.62. The van der Waals surface area contributed by atoms with Gasteiger partial charge in [0.25, 0.3) is 0 Å². The van der Waals surface area contributed by atoms with Crippen molar-refractivity contribution < 1.29 is 14.6 Å². The van der Waals surface area contributed by atoms with Crippen LogP contribution in [0.25, 0.3) is 0 Å². The number of ether oxygens (including phenoxy) is 2. The van der Waals surface area contributed by atoms with E-state index < -0.39 is 6.10 Å². The van der Waals surface area contributed by atoms with Crippen LogP contribution in [0.2, 0.25) is 0 Å². The molecular weight excluding hydrogens is 184 g/mol. The van der Waals surface area contributed by atoms with Crippen LogP contribution in [0.5, 0.6) is 11.5 Å². The van der Waals surface area contributed by atoms with Crippen LogP contribution in [0.15, 0.2) is 18.2 Å². The fourth-order valence-corrected chi connectivity index (χ4v) is 1.26. The zero-order valence-electron chi connectivity index (χ0n) is 7.36. The summed E-state index contributed by atoms with van der Waals surface area (Å²) in [4.78, 5) is 0. The van der Waals surface area contributed by atoms with Crippen LogP contribution in [0.3, 0.4) is 0 Å². The summed E-state index contributed by atoms with van der Waals surface area (Å²) in [6.07, 6.45) is -1.08. The Kier molecular flexibility index (Phi) is 2.01. The normalized spacial score (nSPS) is 15.2. The van der Waals surface area contributed by atoms with E-state index in [2.05, 4.69) is 0 Å². The number of nitrogens with two attached hydrogens (primary N) is 1. The fourth-order valence-electron chi connectivity index (χ4n) is 1.26. The number of benzene rings is 1. The Morgan fingerprint density at radius 3 is 2.86 bits per heavy atom. The highest BCUT2D eigenvalue weighted by Crippen LogP contribution is 2.34. The van der Waals surface area contributed by atoms with Crippen molar-refractivity contribution in [3.63, 3.8) is 0 Å². The summed E-state index contributed by atoms with van der Waals surface area (Å²) in [6.45, 7) is 0.189. The molecule has 0 radical (unpaired) electrons. The van der Waals surface area contributed by atoms with E-state index in [4.69, 9.17) is 20.6 Å². The first kappa shape index (κ1) is 8.83. The molecule has 1 aliphatic heterocycles. The number of amidine groups is 1. The molecule has 1 atom stereocenters. The number of aliphatic hydroxyl groups is 1. The van der Waals surface area contributed by atoms with Gasteiger partial charge in [-0.05, 0) is 17.7 Å². The van der Waals surface area contributed by atoms with Crippen molar-refractivity contribution in [3.05, 3.63) is 23.8 Å². The van der Waals surface area contributed by atoms with Gasteiger partial charge >= 0.3 is 0 Å². The van der Waals surface area contributed by atoms with Gasteiger partial charge in [-0.2, -0.15) is 0 Å². The molecule has 2 rings (SSSR count). The zero-order chi connectivity index (χ0) is 10.1. The summed E-state index contributed by atoms with van der Waals surface area (Å²) in [7, 11) is 0. The van der Waals surface area contributed by atoms with Gasteiger partial charge in [0, 0.05) is 0 Å². The molecule has 5 nitrogen and oxygen atoms in total. The monoisotopic (exact) mass is 194 g/mol. The highest BCUT2D eigenvalue weighted by Gasteiger charge is 2.17. The van der Waals surface area contributed by atoms with Gasteiger partial charge in [-0.1, -0.05) is 6.07 Å². The number of nitrogens with one attached hydrogen (secondary N) is 1. The van der Waals surface area contributed by atoms with Gasteiger partial charge in [0.2, 0.25) is 6.79 Å². The molecule has 1 heterocycles. The Labute approximate surface area is 80.6 Å². The maximum atomic E-state index is 9.48. The van der Waals surface area contributed by atoms with E-state index in [0.29, 0.717) is 17.1 Å². The van der Waals surface area contributed by atoms with Gasteiger partial charge in [0.05, 0.1) is 0 Å². The summed E-state index contributed by atoms with van der Waals surface area (Å²) in [5.41, 5.74) is 5.70. The first-order valence-corrected chi connectivity index (χ1v) is 4.10. The molecule has 0 unspecified atom stereocenters. The summed E-state index contributed by atoms with van der Waals surface area (Å²) < 4.78 is 10.2. The lowest BCUT2D eigenvalue weighted by atomic mass is 10.1. The predicted molar refractivity (Wildman–Crippen MR) is 49.4 cm³/mol. The predicted octanol–water partition coefficient (Wildman–Crippen LogP) is 0.385. The first-order chi connectivity index (χ1) is 6.68. The first-order valence-electron chi connectivity index (χ1n) is 4.10. The van der Waals surface area contributed by atoms with Gasteiger partial charge in [0.1, 0.15) is 11.9 Å². The van der Waals surface area contributed by atoms with Crippen LogP contribution < -0.4 is 15.2 Å². The molecule has 5 heteroatoms. The van der Waals surface area contributed by atoms with Crippen molar-refractivity contribution in [2.45, 2.75) is 6.10 Å². The highest BCUT2D eigenvalue weighted by molar-refractivity contribution is 5.83. The third kappa shape index (κ3) is 1.38. The van der Waals surface area contributed by atoms with E-state index in [1.165, 1.54) is 0 Å². The third-order valence-electron chi connectivity index (χ3n) is 2.01. The molecule has 0 aromatic heterocycles. The highest BCUT2D eigenvalue weighted by atomic mass is 16.7. The molecule has 0 saturated carbocycles. The van der Waals surface area contributed by atoms with E-state index >= 15 is 0 Å². The molecule has 1 aromatic rings. The van der Waals surface area contributed by atoms with Gasteiger partial charge in [-0.3, -0.25) is 5.41 Å². The minimum absolute atomic E-state index is 0.189. The number of hydrogen-bond donors (Lipinski definition) is 3. The van der Waals surface area contributed by atoms with Gasteiger partial charge in [-0.25, -0.2) is 0 Å². The van der Waals surface area contributed by atoms with Gasteiger partial charge in [0.15, 0.2) is 11.5 Å². The molecular formula is C9H10N2O3. The second-order valence-electron chi connectivity index (χ2n) is 2.97. The van der Waals surface area contributed by atoms with Crippen molar-refractivity contribution in [1.29, 1.82) is 5.41 Å². The molecule has 0 amide bonds. The SMILES string of the molecule is N=C(N)[C@H](O)c1ccc2c(c1)OCO2. The van der Waals surface area contributed by atoms with Crippen molar-refractivity contribution in [2.75, 3.05) is 6.79 Å². The molecule has 0 spiro atoms.